The van der Waals surface area contributed by atoms with Gasteiger partial charge in [0.2, 0.25) is 0 Å². The zero-order chi connectivity index (χ0) is 11.0. The molecule has 0 fully saturated rings. The predicted octanol–water partition coefficient (Wildman–Crippen LogP) is 3.11. The van der Waals surface area contributed by atoms with E-state index in [9.17, 15) is 18.0 Å². The second kappa shape index (κ2) is 3.67. The second-order valence-electron chi connectivity index (χ2n) is 2.25. The van der Waals surface area contributed by atoms with Gasteiger partial charge in [-0.05, 0) is 0 Å². The van der Waals surface area contributed by atoms with E-state index in [4.69, 9.17) is 28.3 Å². The Hall–Kier alpha value is -0.940. The summed E-state index contributed by atoms with van der Waals surface area (Å²) in [6.07, 6.45) is 0. The minimum atomic E-state index is -1.91. The molecule has 0 aliphatic heterocycles. The number of hydrogen-bond donors (Lipinski definition) is 1. The smallest absolute Gasteiger partial charge is 0.341 e. The van der Waals surface area contributed by atoms with Crippen LogP contribution in [0, 0.1) is 17.5 Å². The molecule has 0 aliphatic rings. The van der Waals surface area contributed by atoms with Gasteiger partial charge in [0.25, 0.3) is 0 Å². The van der Waals surface area contributed by atoms with Crippen LogP contribution in [0.2, 0.25) is 10.0 Å². The summed E-state index contributed by atoms with van der Waals surface area (Å²) in [6.45, 7) is 0. The quantitative estimate of drug-likeness (QED) is 0.609. The van der Waals surface area contributed by atoms with E-state index in [1.54, 1.807) is 0 Å². The van der Waals surface area contributed by atoms with Gasteiger partial charge in [-0.25, -0.2) is 18.0 Å². The lowest BCUT2D eigenvalue weighted by molar-refractivity contribution is 0.0686. The number of halogens is 5. The summed E-state index contributed by atoms with van der Waals surface area (Å²) in [5.74, 6) is -6.80. The molecule has 1 aromatic carbocycles. The number of benzene rings is 1. The molecule has 2 nitrogen and oxygen atoms in total. The average Bonchev–Trinajstić information content (AvgIpc) is 2.11. The van der Waals surface area contributed by atoms with Crippen LogP contribution in [0.4, 0.5) is 13.2 Å². The van der Waals surface area contributed by atoms with Crippen molar-refractivity contribution in [1.82, 2.24) is 0 Å². The van der Waals surface area contributed by atoms with Gasteiger partial charge in [-0.15, -0.1) is 0 Å². The number of aromatic carboxylic acids is 1. The minimum Gasteiger partial charge on any atom is -0.477 e. The maximum Gasteiger partial charge on any atom is 0.341 e. The predicted molar refractivity (Wildman–Crippen MR) is 43.3 cm³/mol. The van der Waals surface area contributed by atoms with Crippen molar-refractivity contribution in [2.75, 3.05) is 0 Å². The summed E-state index contributed by atoms with van der Waals surface area (Å²) in [6, 6.07) is 0. The van der Waals surface area contributed by atoms with Crippen molar-refractivity contribution in [3.05, 3.63) is 33.1 Å². The third-order valence-electron chi connectivity index (χ3n) is 1.42. The van der Waals surface area contributed by atoms with Gasteiger partial charge in [-0.3, -0.25) is 0 Å². The van der Waals surface area contributed by atoms with Gasteiger partial charge in [-0.1, -0.05) is 23.2 Å². The molecule has 0 heterocycles. The molecule has 76 valence electrons. The van der Waals surface area contributed by atoms with Crippen molar-refractivity contribution in [3.63, 3.8) is 0 Å². The average molecular weight is 245 g/mol. The van der Waals surface area contributed by atoms with Crippen molar-refractivity contribution in [2.24, 2.45) is 0 Å². The molecular weight excluding hydrogens is 244 g/mol. The largest absolute Gasteiger partial charge is 0.477 e. The molecule has 0 atom stereocenters. The zero-order valence-electron chi connectivity index (χ0n) is 6.25. The fourth-order valence-electron chi connectivity index (χ4n) is 0.793. The first-order valence-electron chi connectivity index (χ1n) is 3.12. The van der Waals surface area contributed by atoms with Crippen molar-refractivity contribution in [1.29, 1.82) is 0 Å². The first kappa shape index (κ1) is 11.1. The molecule has 0 spiro atoms. The highest BCUT2D eigenvalue weighted by molar-refractivity contribution is 6.35. The Morgan fingerprint density at radius 1 is 1.00 bits per heavy atom. The fraction of sp³-hybridized carbons (Fsp3) is 0. The van der Waals surface area contributed by atoms with Gasteiger partial charge in [0, 0.05) is 0 Å². The van der Waals surface area contributed by atoms with E-state index >= 15 is 0 Å². The highest BCUT2D eigenvalue weighted by atomic mass is 35.5. The number of carboxylic acid groups (broad SMARTS) is 1. The van der Waals surface area contributed by atoms with Crippen LogP contribution >= 0.6 is 23.2 Å². The van der Waals surface area contributed by atoms with Crippen molar-refractivity contribution in [3.8, 4) is 0 Å². The van der Waals surface area contributed by atoms with Gasteiger partial charge < -0.3 is 5.11 Å². The van der Waals surface area contributed by atoms with E-state index in [2.05, 4.69) is 0 Å². The Morgan fingerprint density at radius 3 is 1.64 bits per heavy atom. The maximum absolute atomic E-state index is 12.9. The van der Waals surface area contributed by atoms with E-state index in [0.29, 0.717) is 0 Å². The molecule has 0 unspecified atom stereocenters. The van der Waals surface area contributed by atoms with E-state index in [-0.39, 0.29) is 0 Å². The molecule has 1 aromatic rings. The molecule has 1 rings (SSSR count). The monoisotopic (exact) mass is 244 g/mol. The number of carboxylic acids is 1. The first-order chi connectivity index (χ1) is 6.37. The summed E-state index contributed by atoms with van der Waals surface area (Å²) in [5, 5.41) is 6.08. The number of hydrogen-bond acceptors (Lipinski definition) is 1. The van der Waals surface area contributed by atoms with Crippen LogP contribution in [0.25, 0.3) is 0 Å². The molecule has 0 aromatic heterocycles. The molecule has 0 radical (unpaired) electrons. The summed E-state index contributed by atoms with van der Waals surface area (Å²) in [5.41, 5.74) is -1.37. The second-order valence-corrected chi connectivity index (χ2v) is 3.01. The molecule has 0 saturated carbocycles. The van der Waals surface area contributed by atoms with Crippen LogP contribution in [0.5, 0.6) is 0 Å². The maximum atomic E-state index is 12.9. The molecular formula is C7HCl2F3O2. The van der Waals surface area contributed by atoms with E-state index in [1.807, 2.05) is 0 Å². The lowest BCUT2D eigenvalue weighted by Gasteiger charge is -2.05. The van der Waals surface area contributed by atoms with E-state index < -0.39 is 39.0 Å². The normalized spacial score (nSPS) is 10.4. The number of rotatable bonds is 1. The topological polar surface area (TPSA) is 37.3 Å². The molecule has 0 aliphatic carbocycles. The molecule has 1 N–H and O–H groups in total. The van der Waals surface area contributed by atoms with Crippen LogP contribution in [-0.4, -0.2) is 11.1 Å². The summed E-state index contributed by atoms with van der Waals surface area (Å²) in [7, 11) is 0. The van der Waals surface area contributed by atoms with Gasteiger partial charge in [-0.2, -0.15) is 0 Å². The fourth-order valence-corrected chi connectivity index (χ4v) is 1.22. The van der Waals surface area contributed by atoms with Crippen molar-refractivity contribution < 1.29 is 23.1 Å². The van der Waals surface area contributed by atoms with Crippen LogP contribution < -0.4 is 0 Å². The Kier molecular flexibility index (Phi) is 2.92. The standard InChI is InChI=1S/C7HCl2F3O2/c8-2-4(10)1(7(13)14)5(11)3(9)6(2)12/h(H,13,14). The number of carbonyl (C=O) groups is 1. The zero-order valence-corrected chi connectivity index (χ0v) is 7.76. The van der Waals surface area contributed by atoms with Crippen LogP contribution in [0.15, 0.2) is 0 Å². The highest BCUT2D eigenvalue weighted by Gasteiger charge is 2.26. The Bertz CT molecular complexity index is 391. The molecule has 14 heavy (non-hydrogen) atoms. The van der Waals surface area contributed by atoms with Gasteiger partial charge in [0.15, 0.2) is 17.5 Å². The lowest BCUT2D eigenvalue weighted by Crippen LogP contribution is -2.07. The summed E-state index contributed by atoms with van der Waals surface area (Å²) >= 11 is 10.1. The van der Waals surface area contributed by atoms with Crippen LogP contribution in [-0.2, 0) is 0 Å². The molecule has 0 saturated heterocycles. The Morgan fingerprint density at radius 2 is 1.36 bits per heavy atom. The van der Waals surface area contributed by atoms with Crippen molar-refractivity contribution >= 4 is 29.2 Å². The van der Waals surface area contributed by atoms with Crippen molar-refractivity contribution in [2.45, 2.75) is 0 Å². The van der Waals surface area contributed by atoms with E-state index in [1.165, 1.54) is 0 Å². The minimum absolute atomic E-state index is 1.14. The molecule has 0 amide bonds. The van der Waals surface area contributed by atoms with Crippen LogP contribution in [0.1, 0.15) is 10.4 Å². The first-order valence-corrected chi connectivity index (χ1v) is 3.88. The SMILES string of the molecule is O=C(O)c1c(F)c(Cl)c(F)c(Cl)c1F. The van der Waals surface area contributed by atoms with Gasteiger partial charge >= 0.3 is 5.97 Å². The highest BCUT2D eigenvalue weighted by Crippen LogP contribution is 2.31. The Labute approximate surface area is 85.9 Å². The van der Waals surface area contributed by atoms with Gasteiger partial charge in [0.1, 0.15) is 15.6 Å². The molecule has 0 bridgehead atoms. The third kappa shape index (κ3) is 1.53. The molecule has 7 heteroatoms. The van der Waals surface area contributed by atoms with E-state index in [0.717, 1.165) is 0 Å². The summed E-state index contributed by atoms with van der Waals surface area (Å²) < 4.78 is 38.6. The third-order valence-corrected chi connectivity index (χ3v) is 2.09. The Balaban J connectivity index is 3.68. The summed E-state index contributed by atoms with van der Waals surface area (Å²) in [4.78, 5) is 10.3. The van der Waals surface area contributed by atoms with Crippen LogP contribution in [0.3, 0.4) is 0 Å². The lowest BCUT2D eigenvalue weighted by atomic mass is 10.2. The van der Waals surface area contributed by atoms with Gasteiger partial charge in [0.05, 0.1) is 0 Å².